The van der Waals surface area contributed by atoms with Crippen molar-refractivity contribution >= 4 is 5.91 Å². The molecule has 3 heteroatoms. The predicted molar refractivity (Wildman–Crippen MR) is 71.8 cm³/mol. The fourth-order valence-electron chi connectivity index (χ4n) is 1.35. The minimum Gasteiger partial charge on any atom is -0.348 e. The first-order valence-corrected chi connectivity index (χ1v) is 6.42. The Kier molecular flexibility index (Phi) is 8.03. The molecule has 0 saturated carbocycles. The third kappa shape index (κ3) is 5.48. The number of pyridine rings is 1. The molecule has 96 valence electrons. The minimum absolute atomic E-state index is 0.0102. The molecule has 1 aromatic rings. The molecular weight excluding hydrogens is 212 g/mol. The first-order valence-electron chi connectivity index (χ1n) is 6.42. The monoisotopic (exact) mass is 236 g/mol. The maximum Gasteiger partial charge on any atom is 0.220 e. The highest BCUT2D eigenvalue weighted by Crippen LogP contribution is 2.10. The Bertz CT molecular complexity index is 337. The van der Waals surface area contributed by atoms with Gasteiger partial charge in [-0.3, -0.25) is 9.78 Å². The van der Waals surface area contributed by atoms with Crippen LogP contribution in [0.3, 0.4) is 0 Å². The highest BCUT2D eigenvalue weighted by atomic mass is 16.1. The number of nitrogens with one attached hydrogen (secondary N) is 1. The molecule has 3 nitrogen and oxygen atoms in total. The van der Waals surface area contributed by atoms with Crippen molar-refractivity contribution in [2.45, 2.75) is 53.5 Å². The van der Waals surface area contributed by atoms with Crippen LogP contribution >= 0.6 is 0 Å². The maximum atomic E-state index is 11.2. The van der Waals surface area contributed by atoms with Crippen LogP contribution in [0.4, 0.5) is 0 Å². The van der Waals surface area contributed by atoms with Crippen molar-refractivity contribution in [2.75, 3.05) is 0 Å². The third-order valence-electron chi connectivity index (χ3n) is 2.33. The first-order chi connectivity index (χ1) is 8.17. The van der Waals surface area contributed by atoms with E-state index in [4.69, 9.17) is 0 Å². The van der Waals surface area contributed by atoms with E-state index >= 15 is 0 Å². The molecule has 1 aromatic heterocycles. The van der Waals surface area contributed by atoms with Crippen LogP contribution in [0.15, 0.2) is 18.2 Å². The molecule has 1 atom stereocenters. The van der Waals surface area contributed by atoms with Gasteiger partial charge in [-0.05, 0) is 25.5 Å². The highest BCUT2D eigenvalue weighted by molar-refractivity contribution is 5.75. The van der Waals surface area contributed by atoms with E-state index in [0.717, 1.165) is 17.8 Å². The lowest BCUT2D eigenvalue weighted by Gasteiger charge is -2.13. The number of carbonyl (C=O) groups is 1. The SMILES string of the molecule is CC.CCC(=O)NC(C)c1cccc(CC)n1. The van der Waals surface area contributed by atoms with Gasteiger partial charge in [-0.1, -0.05) is 33.8 Å². The van der Waals surface area contributed by atoms with E-state index in [1.54, 1.807) is 0 Å². The quantitative estimate of drug-likeness (QED) is 0.872. The van der Waals surface area contributed by atoms with Crippen molar-refractivity contribution in [2.24, 2.45) is 0 Å². The van der Waals surface area contributed by atoms with E-state index < -0.39 is 0 Å². The van der Waals surface area contributed by atoms with E-state index in [0.29, 0.717) is 6.42 Å². The molecule has 0 spiro atoms. The number of carbonyl (C=O) groups excluding carboxylic acids is 1. The number of hydrogen-bond donors (Lipinski definition) is 1. The topological polar surface area (TPSA) is 42.0 Å². The summed E-state index contributed by atoms with van der Waals surface area (Å²) in [5, 5.41) is 2.90. The van der Waals surface area contributed by atoms with Crippen LogP contribution in [-0.2, 0) is 11.2 Å². The number of amides is 1. The van der Waals surface area contributed by atoms with Crippen LogP contribution in [0.25, 0.3) is 0 Å². The molecule has 0 aliphatic heterocycles. The van der Waals surface area contributed by atoms with Gasteiger partial charge in [-0.2, -0.15) is 0 Å². The van der Waals surface area contributed by atoms with E-state index in [1.807, 2.05) is 45.9 Å². The van der Waals surface area contributed by atoms with Gasteiger partial charge in [0, 0.05) is 12.1 Å². The average Bonchev–Trinajstić information content (AvgIpc) is 2.40. The van der Waals surface area contributed by atoms with Crippen molar-refractivity contribution in [3.05, 3.63) is 29.6 Å². The Labute approximate surface area is 105 Å². The number of rotatable bonds is 4. The molecule has 1 heterocycles. The van der Waals surface area contributed by atoms with E-state index in [-0.39, 0.29) is 11.9 Å². The van der Waals surface area contributed by atoms with Crippen molar-refractivity contribution in [3.8, 4) is 0 Å². The molecule has 1 unspecified atom stereocenters. The van der Waals surface area contributed by atoms with Crippen LogP contribution in [0.2, 0.25) is 0 Å². The molecule has 1 N–H and O–H groups in total. The molecule has 0 fully saturated rings. The summed E-state index contributed by atoms with van der Waals surface area (Å²) < 4.78 is 0. The van der Waals surface area contributed by atoms with Gasteiger partial charge >= 0.3 is 0 Å². The zero-order valence-corrected chi connectivity index (χ0v) is 11.6. The van der Waals surface area contributed by atoms with Crippen molar-refractivity contribution in [1.82, 2.24) is 10.3 Å². The van der Waals surface area contributed by atoms with E-state index in [2.05, 4.69) is 17.2 Å². The van der Waals surface area contributed by atoms with Crippen molar-refractivity contribution in [1.29, 1.82) is 0 Å². The Morgan fingerprint density at radius 1 is 1.35 bits per heavy atom. The fourth-order valence-corrected chi connectivity index (χ4v) is 1.35. The largest absolute Gasteiger partial charge is 0.348 e. The standard InChI is InChI=1S/C12H18N2O.C2H6/c1-4-10-7-6-8-11(14-10)9(3)13-12(15)5-2;1-2/h6-9H,4-5H2,1-3H3,(H,13,15);1-2H3. The molecule has 1 rings (SSSR count). The lowest BCUT2D eigenvalue weighted by atomic mass is 10.2. The summed E-state index contributed by atoms with van der Waals surface area (Å²) in [6.07, 6.45) is 1.43. The van der Waals surface area contributed by atoms with Gasteiger partial charge < -0.3 is 5.32 Å². The second-order valence-corrected chi connectivity index (χ2v) is 3.55. The summed E-state index contributed by atoms with van der Waals surface area (Å²) >= 11 is 0. The predicted octanol–water partition coefficient (Wildman–Crippen LogP) is 3.26. The smallest absolute Gasteiger partial charge is 0.220 e. The summed E-state index contributed by atoms with van der Waals surface area (Å²) in [4.78, 5) is 15.7. The minimum atomic E-state index is -0.0102. The fraction of sp³-hybridized carbons (Fsp3) is 0.571. The summed E-state index contributed by atoms with van der Waals surface area (Å²) in [6.45, 7) is 9.87. The van der Waals surface area contributed by atoms with Gasteiger partial charge in [0.25, 0.3) is 0 Å². The molecule has 0 bridgehead atoms. The Morgan fingerprint density at radius 2 is 2.00 bits per heavy atom. The molecule has 0 aromatic carbocycles. The molecule has 1 amide bonds. The summed E-state index contributed by atoms with van der Waals surface area (Å²) in [7, 11) is 0. The molecule has 0 aliphatic rings. The summed E-state index contributed by atoms with van der Waals surface area (Å²) in [5.74, 6) is 0.0613. The number of aromatic nitrogens is 1. The second-order valence-electron chi connectivity index (χ2n) is 3.55. The first kappa shape index (κ1) is 15.6. The zero-order chi connectivity index (χ0) is 13.3. The molecular formula is C14H24N2O. The van der Waals surface area contributed by atoms with Gasteiger partial charge in [-0.25, -0.2) is 0 Å². The molecule has 17 heavy (non-hydrogen) atoms. The second kappa shape index (κ2) is 8.74. The zero-order valence-electron chi connectivity index (χ0n) is 11.6. The van der Waals surface area contributed by atoms with Crippen molar-refractivity contribution in [3.63, 3.8) is 0 Å². The van der Waals surface area contributed by atoms with Crippen LogP contribution in [0.5, 0.6) is 0 Å². The molecule has 0 saturated heterocycles. The molecule has 0 aliphatic carbocycles. The van der Waals surface area contributed by atoms with Gasteiger partial charge in [0.1, 0.15) is 0 Å². The molecule has 0 radical (unpaired) electrons. The average molecular weight is 236 g/mol. The number of nitrogens with zero attached hydrogens (tertiary/aromatic N) is 1. The third-order valence-corrected chi connectivity index (χ3v) is 2.33. The lowest BCUT2D eigenvalue weighted by molar-refractivity contribution is -0.121. The Balaban J connectivity index is 0.00000121. The normalized spacial score (nSPS) is 11.1. The van der Waals surface area contributed by atoms with Crippen LogP contribution < -0.4 is 5.32 Å². The summed E-state index contributed by atoms with van der Waals surface area (Å²) in [6, 6.07) is 5.91. The van der Waals surface area contributed by atoms with Gasteiger partial charge in [0.2, 0.25) is 5.91 Å². The van der Waals surface area contributed by atoms with Gasteiger partial charge in [-0.15, -0.1) is 0 Å². The van der Waals surface area contributed by atoms with Gasteiger partial charge in [0.15, 0.2) is 0 Å². The number of aryl methyl sites for hydroxylation is 1. The lowest BCUT2D eigenvalue weighted by Crippen LogP contribution is -2.26. The Hall–Kier alpha value is -1.38. The van der Waals surface area contributed by atoms with E-state index in [1.165, 1.54) is 0 Å². The Morgan fingerprint density at radius 3 is 2.53 bits per heavy atom. The number of hydrogen-bond acceptors (Lipinski definition) is 2. The summed E-state index contributed by atoms with van der Waals surface area (Å²) in [5.41, 5.74) is 1.99. The highest BCUT2D eigenvalue weighted by Gasteiger charge is 2.09. The van der Waals surface area contributed by atoms with E-state index in [9.17, 15) is 4.79 Å². The van der Waals surface area contributed by atoms with Gasteiger partial charge in [0.05, 0.1) is 11.7 Å². The van der Waals surface area contributed by atoms with Crippen LogP contribution in [-0.4, -0.2) is 10.9 Å². The van der Waals surface area contributed by atoms with Crippen LogP contribution in [0.1, 0.15) is 58.5 Å². The van der Waals surface area contributed by atoms with Crippen LogP contribution in [0, 0.1) is 0 Å². The van der Waals surface area contributed by atoms with Crippen molar-refractivity contribution < 1.29 is 4.79 Å². The maximum absolute atomic E-state index is 11.2.